The van der Waals surface area contributed by atoms with Gasteiger partial charge in [-0.15, -0.1) is 0 Å². The zero-order valence-electron chi connectivity index (χ0n) is 12.9. The van der Waals surface area contributed by atoms with Crippen LogP contribution in [0.15, 0.2) is 41.1 Å². The monoisotopic (exact) mass is 361 g/mol. The van der Waals surface area contributed by atoms with Gasteiger partial charge in [-0.05, 0) is 35.7 Å². The predicted octanol–water partition coefficient (Wildman–Crippen LogP) is 3.83. The molecule has 1 N–H and O–H groups in total. The van der Waals surface area contributed by atoms with Gasteiger partial charge in [0.25, 0.3) is 11.1 Å². The molecule has 3 aromatic rings. The number of thiophene rings is 1. The van der Waals surface area contributed by atoms with Gasteiger partial charge in [0.1, 0.15) is 11.6 Å². The van der Waals surface area contributed by atoms with Gasteiger partial charge < -0.3 is 14.8 Å². The molecule has 6 nitrogen and oxygen atoms in total. The predicted molar refractivity (Wildman–Crippen MR) is 94.3 cm³/mol. The average molecular weight is 361 g/mol. The van der Waals surface area contributed by atoms with Gasteiger partial charge in [-0.1, -0.05) is 0 Å². The second kappa shape index (κ2) is 8.00. The molecule has 124 valence electrons. The van der Waals surface area contributed by atoms with Crippen molar-refractivity contribution >= 4 is 34.5 Å². The molecule has 0 unspecified atom stereocenters. The highest BCUT2D eigenvalue weighted by atomic mass is 32.1. The Labute approximate surface area is 147 Å². The summed E-state index contributed by atoms with van der Waals surface area (Å²) in [5.74, 6) is 1.21. The van der Waals surface area contributed by atoms with Gasteiger partial charge in [-0.2, -0.15) is 20.7 Å². The van der Waals surface area contributed by atoms with Crippen molar-refractivity contribution in [2.45, 2.75) is 6.42 Å². The van der Waals surface area contributed by atoms with Crippen LogP contribution in [0.25, 0.3) is 0 Å². The first kappa shape index (κ1) is 16.6. The molecule has 0 fully saturated rings. The van der Waals surface area contributed by atoms with Crippen LogP contribution in [0.3, 0.4) is 0 Å². The van der Waals surface area contributed by atoms with E-state index < -0.39 is 0 Å². The van der Waals surface area contributed by atoms with Gasteiger partial charge >= 0.3 is 0 Å². The Kier molecular flexibility index (Phi) is 5.52. The molecule has 24 heavy (non-hydrogen) atoms. The summed E-state index contributed by atoms with van der Waals surface area (Å²) in [6.07, 6.45) is 0.657. The molecule has 1 amide bonds. The number of carbonyl (C=O) groups is 1. The minimum atomic E-state index is -0.128. The largest absolute Gasteiger partial charge is 0.430 e. The Morgan fingerprint density at radius 1 is 1.25 bits per heavy atom. The Morgan fingerprint density at radius 3 is 2.79 bits per heavy atom. The van der Waals surface area contributed by atoms with Crippen LogP contribution in [-0.2, 0) is 11.2 Å². The Hall–Kier alpha value is -2.29. The number of benzene rings is 1. The molecule has 0 aliphatic heterocycles. The van der Waals surface area contributed by atoms with E-state index in [9.17, 15) is 4.79 Å². The van der Waals surface area contributed by atoms with Crippen molar-refractivity contribution in [1.82, 2.24) is 9.36 Å². The third-order valence-corrected chi connectivity index (χ3v) is 4.40. The maximum atomic E-state index is 12.0. The van der Waals surface area contributed by atoms with Crippen LogP contribution in [0.2, 0.25) is 0 Å². The van der Waals surface area contributed by atoms with E-state index in [2.05, 4.69) is 14.7 Å². The third kappa shape index (κ3) is 4.38. The zero-order valence-corrected chi connectivity index (χ0v) is 14.5. The van der Waals surface area contributed by atoms with Crippen LogP contribution in [0, 0.1) is 0 Å². The van der Waals surface area contributed by atoms with E-state index in [4.69, 9.17) is 9.47 Å². The molecule has 0 aliphatic rings. The van der Waals surface area contributed by atoms with Crippen molar-refractivity contribution < 1.29 is 14.3 Å². The van der Waals surface area contributed by atoms with Crippen LogP contribution in [0.5, 0.6) is 10.9 Å². The molecule has 0 atom stereocenters. The Morgan fingerprint density at radius 2 is 2.08 bits per heavy atom. The maximum Gasteiger partial charge on any atom is 0.298 e. The number of anilines is 1. The Bertz CT molecular complexity index is 785. The van der Waals surface area contributed by atoms with Crippen LogP contribution in [0.1, 0.15) is 16.2 Å². The fourth-order valence-corrected chi connectivity index (χ4v) is 3.11. The van der Waals surface area contributed by atoms with Gasteiger partial charge in [0.2, 0.25) is 0 Å². The lowest BCUT2D eigenvalue weighted by molar-refractivity contribution is 0.102. The molecular formula is C16H15N3O3S2. The Balaban J connectivity index is 1.58. The van der Waals surface area contributed by atoms with Crippen molar-refractivity contribution in [2.75, 3.05) is 19.0 Å². The fraction of sp³-hybridized carbons (Fsp3) is 0.188. The number of carbonyl (C=O) groups excluding carboxylic acids is 1. The summed E-state index contributed by atoms with van der Waals surface area (Å²) in [6.45, 7) is 0.578. The van der Waals surface area contributed by atoms with E-state index in [1.165, 1.54) is 22.9 Å². The van der Waals surface area contributed by atoms with Gasteiger partial charge in [-0.3, -0.25) is 4.79 Å². The molecule has 0 saturated heterocycles. The number of rotatable bonds is 7. The summed E-state index contributed by atoms with van der Waals surface area (Å²) < 4.78 is 14.9. The minimum Gasteiger partial charge on any atom is -0.430 e. The number of hydrogen-bond acceptors (Lipinski definition) is 7. The summed E-state index contributed by atoms with van der Waals surface area (Å²) >= 11 is 2.69. The molecule has 0 spiro atoms. The molecular weight excluding hydrogens is 346 g/mol. The number of amides is 1. The molecule has 0 aliphatic carbocycles. The van der Waals surface area contributed by atoms with Crippen molar-refractivity contribution in [3.05, 3.63) is 52.5 Å². The topological polar surface area (TPSA) is 73.3 Å². The van der Waals surface area contributed by atoms with Crippen LogP contribution >= 0.6 is 22.9 Å². The number of methoxy groups -OCH3 is 1. The normalized spacial score (nSPS) is 10.5. The lowest BCUT2D eigenvalue weighted by atomic mass is 10.2. The number of hydrogen-bond donors (Lipinski definition) is 1. The standard InChI is InChI=1S/C16H15N3O3S2/c1-21-8-6-14-18-16(24-19-14)22-13-4-2-12(3-5-13)17-15(20)11-7-9-23-10-11/h2-5,7,9-10H,6,8H2,1H3,(H,17,20). The molecule has 1 aromatic carbocycles. The summed E-state index contributed by atoms with van der Waals surface area (Å²) in [5.41, 5.74) is 1.36. The number of nitrogens with one attached hydrogen (secondary N) is 1. The third-order valence-electron chi connectivity index (χ3n) is 3.08. The lowest BCUT2D eigenvalue weighted by Gasteiger charge is -2.05. The summed E-state index contributed by atoms with van der Waals surface area (Å²) in [5, 5.41) is 7.00. The summed E-state index contributed by atoms with van der Waals surface area (Å²) in [6, 6.07) is 8.91. The van der Waals surface area contributed by atoms with E-state index in [0.29, 0.717) is 41.0 Å². The number of ether oxygens (including phenoxy) is 2. The first-order valence-corrected chi connectivity index (χ1v) is 8.89. The number of nitrogens with zero attached hydrogens (tertiary/aromatic N) is 2. The second-order valence-corrected chi connectivity index (χ2v) is 6.31. The van der Waals surface area contributed by atoms with Crippen LogP contribution < -0.4 is 10.1 Å². The molecule has 0 saturated carbocycles. The van der Waals surface area contributed by atoms with Crippen molar-refractivity contribution in [1.29, 1.82) is 0 Å². The van der Waals surface area contributed by atoms with Crippen molar-refractivity contribution in [2.24, 2.45) is 0 Å². The fourth-order valence-electron chi connectivity index (χ4n) is 1.88. The highest BCUT2D eigenvalue weighted by Crippen LogP contribution is 2.25. The molecule has 0 radical (unpaired) electrons. The second-order valence-electron chi connectivity index (χ2n) is 4.81. The number of aromatic nitrogens is 2. The minimum absolute atomic E-state index is 0.128. The SMILES string of the molecule is COCCc1nsc(Oc2ccc(NC(=O)c3ccsc3)cc2)n1. The van der Waals surface area contributed by atoms with Gasteiger partial charge in [0.15, 0.2) is 0 Å². The average Bonchev–Trinajstić information content (AvgIpc) is 3.26. The smallest absolute Gasteiger partial charge is 0.298 e. The molecule has 2 aromatic heterocycles. The zero-order chi connectivity index (χ0) is 16.8. The molecule has 8 heteroatoms. The summed E-state index contributed by atoms with van der Waals surface area (Å²) in [7, 11) is 1.64. The van der Waals surface area contributed by atoms with E-state index in [1.54, 1.807) is 37.4 Å². The van der Waals surface area contributed by atoms with E-state index in [-0.39, 0.29) is 5.91 Å². The van der Waals surface area contributed by atoms with E-state index >= 15 is 0 Å². The highest BCUT2D eigenvalue weighted by Gasteiger charge is 2.08. The molecule has 0 bridgehead atoms. The lowest BCUT2D eigenvalue weighted by Crippen LogP contribution is -2.10. The van der Waals surface area contributed by atoms with Gasteiger partial charge in [-0.25, -0.2) is 0 Å². The molecule has 2 heterocycles. The van der Waals surface area contributed by atoms with Crippen molar-refractivity contribution in [3.63, 3.8) is 0 Å². The van der Waals surface area contributed by atoms with E-state index in [0.717, 1.165) is 0 Å². The van der Waals surface area contributed by atoms with Crippen LogP contribution in [0.4, 0.5) is 5.69 Å². The first-order valence-electron chi connectivity index (χ1n) is 7.17. The maximum absolute atomic E-state index is 12.0. The summed E-state index contributed by atoms with van der Waals surface area (Å²) in [4.78, 5) is 16.3. The first-order chi connectivity index (χ1) is 11.7. The quantitative estimate of drug-likeness (QED) is 0.692. The van der Waals surface area contributed by atoms with Gasteiger partial charge in [0, 0.05) is 36.1 Å². The van der Waals surface area contributed by atoms with E-state index in [1.807, 2.05) is 10.8 Å². The van der Waals surface area contributed by atoms with Gasteiger partial charge in [0.05, 0.1) is 12.2 Å². The highest BCUT2D eigenvalue weighted by molar-refractivity contribution is 7.08. The molecule has 3 rings (SSSR count). The van der Waals surface area contributed by atoms with Crippen LogP contribution in [-0.4, -0.2) is 29.0 Å². The van der Waals surface area contributed by atoms with Crippen molar-refractivity contribution in [3.8, 4) is 10.9 Å².